The number of hydrogen-bond acceptors (Lipinski definition) is 6. The summed E-state index contributed by atoms with van der Waals surface area (Å²) in [5.74, 6) is 1.53. The van der Waals surface area contributed by atoms with Gasteiger partial charge in [-0.25, -0.2) is 4.98 Å². The summed E-state index contributed by atoms with van der Waals surface area (Å²) in [5, 5.41) is 10.6. The number of nitrogens with zero attached hydrogens (tertiary/aromatic N) is 4. The minimum absolute atomic E-state index is 0.507. The Bertz CT molecular complexity index is 1040. The van der Waals surface area contributed by atoms with Crippen LogP contribution in [0.5, 0.6) is 5.88 Å². The van der Waals surface area contributed by atoms with E-state index in [0.717, 1.165) is 33.8 Å². The number of ether oxygens (including phenoxy) is 1. The standard InChI is InChI=1S/C22H24N6O/c1-28(18-7-16-3-4-17(8-18)26-16)20-11-23-21-19-5-2-13(15-9-24-25-10-15)6-14(19)12-29-22(21)27-20/h2,5-6,9-11,16-18,26H,3-4,7-8,12H2,1H3,(H,24,25)/t16-,17+,18?. The first-order chi connectivity index (χ1) is 14.2. The van der Waals surface area contributed by atoms with E-state index in [1.54, 1.807) is 0 Å². The summed E-state index contributed by atoms with van der Waals surface area (Å²) in [5.41, 5.74) is 5.24. The van der Waals surface area contributed by atoms with Gasteiger partial charge in [0.05, 0.1) is 12.4 Å². The molecule has 0 aliphatic carbocycles. The van der Waals surface area contributed by atoms with E-state index in [0.29, 0.717) is 30.6 Å². The minimum Gasteiger partial charge on any atom is -0.471 e. The predicted octanol–water partition coefficient (Wildman–Crippen LogP) is 3.15. The molecule has 2 N–H and O–H groups in total. The highest BCUT2D eigenvalue weighted by Gasteiger charge is 2.35. The van der Waals surface area contributed by atoms with Crippen molar-refractivity contribution in [3.63, 3.8) is 0 Å². The molecule has 3 aliphatic heterocycles. The van der Waals surface area contributed by atoms with Crippen LogP contribution in [0.4, 0.5) is 5.82 Å². The third-order valence-electron chi connectivity index (χ3n) is 6.64. The van der Waals surface area contributed by atoms with Crippen LogP contribution in [0.2, 0.25) is 0 Å². The van der Waals surface area contributed by atoms with Crippen molar-refractivity contribution in [2.45, 2.75) is 50.4 Å². The fraction of sp³-hybridized carbons (Fsp3) is 0.409. The maximum atomic E-state index is 6.02. The molecular weight excluding hydrogens is 364 g/mol. The molecule has 148 valence electrons. The van der Waals surface area contributed by atoms with Gasteiger partial charge in [0, 0.05) is 42.5 Å². The van der Waals surface area contributed by atoms with Gasteiger partial charge in [-0.2, -0.15) is 10.1 Å². The van der Waals surface area contributed by atoms with Gasteiger partial charge in [-0.15, -0.1) is 0 Å². The number of aromatic amines is 1. The van der Waals surface area contributed by atoms with Gasteiger partial charge in [0.1, 0.15) is 12.3 Å². The smallest absolute Gasteiger partial charge is 0.242 e. The Labute approximate surface area is 169 Å². The largest absolute Gasteiger partial charge is 0.471 e. The highest BCUT2D eigenvalue weighted by Crippen LogP contribution is 2.38. The molecule has 7 heteroatoms. The molecule has 29 heavy (non-hydrogen) atoms. The van der Waals surface area contributed by atoms with Crippen LogP contribution < -0.4 is 15.0 Å². The number of nitrogens with one attached hydrogen (secondary N) is 2. The van der Waals surface area contributed by atoms with Gasteiger partial charge in [0.15, 0.2) is 5.82 Å². The van der Waals surface area contributed by atoms with E-state index in [1.165, 1.54) is 25.7 Å². The SMILES string of the molecule is CN(c1cnc2c(n1)OCc1cc(-c3cn[nH]c3)ccc1-2)C1C[C@H]2CC[C@@H](C1)N2. The lowest BCUT2D eigenvalue weighted by Gasteiger charge is -2.36. The van der Waals surface area contributed by atoms with E-state index in [1.807, 2.05) is 18.6 Å². The zero-order valence-electron chi connectivity index (χ0n) is 16.4. The first-order valence-corrected chi connectivity index (χ1v) is 10.4. The molecule has 1 unspecified atom stereocenters. The molecule has 0 radical (unpaired) electrons. The van der Waals surface area contributed by atoms with E-state index >= 15 is 0 Å². The summed E-state index contributed by atoms with van der Waals surface area (Å²) in [4.78, 5) is 11.9. The van der Waals surface area contributed by atoms with E-state index in [-0.39, 0.29) is 0 Å². The van der Waals surface area contributed by atoms with Crippen molar-refractivity contribution >= 4 is 5.82 Å². The molecule has 2 aromatic heterocycles. The Morgan fingerprint density at radius 1 is 1.10 bits per heavy atom. The van der Waals surface area contributed by atoms with E-state index in [4.69, 9.17) is 14.7 Å². The monoisotopic (exact) mass is 388 g/mol. The van der Waals surface area contributed by atoms with E-state index < -0.39 is 0 Å². The van der Waals surface area contributed by atoms with Crippen molar-refractivity contribution in [3.8, 4) is 28.3 Å². The molecule has 6 rings (SSSR count). The molecule has 1 aromatic carbocycles. The third kappa shape index (κ3) is 2.88. The molecule has 7 nitrogen and oxygen atoms in total. The quantitative estimate of drug-likeness (QED) is 0.718. The van der Waals surface area contributed by atoms with Crippen LogP contribution in [0.25, 0.3) is 22.4 Å². The number of benzene rings is 1. The highest BCUT2D eigenvalue weighted by molar-refractivity contribution is 5.75. The highest BCUT2D eigenvalue weighted by atomic mass is 16.5. The zero-order chi connectivity index (χ0) is 19.4. The average molecular weight is 388 g/mol. The fourth-order valence-corrected chi connectivity index (χ4v) is 5.03. The lowest BCUT2D eigenvalue weighted by molar-refractivity contribution is 0.288. The van der Waals surface area contributed by atoms with Crippen LogP contribution in [-0.4, -0.2) is 45.3 Å². The van der Waals surface area contributed by atoms with Crippen molar-refractivity contribution in [2.75, 3.05) is 11.9 Å². The van der Waals surface area contributed by atoms with E-state index in [2.05, 4.69) is 45.7 Å². The van der Waals surface area contributed by atoms with E-state index in [9.17, 15) is 0 Å². The molecule has 0 saturated carbocycles. The average Bonchev–Trinajstić information content (AvgIpc) is 3.42. The van der Waals surface area contributed by atoms with Crippen molar-refractivity contribution in [1.82, 2.24) is 25.5 Å². The second-order valence-electron chi connectivity index (χ2n) is 8.40. The lowest BCUT2D eigenvalue weighted by Crippen LogP contribution is -2.47. The van der Waals surface area contributed by atoms with Gasteiger partial charge in [0.25, 0.3) is 0 Å². The summed E-state index contributed by atoms with van der Waals surface area (Å²) >= 11 is 0. The second-order valence-corrected chi connectivity index (χ2v) is 8.40. The Kier molecular flexibility index (Phi) is 3.84. The van der Waals surface area contributed by atoms with Gasteiger partial charge in [-0.3, -0.25) is 5.10 Å². The summed E-state index contributed by atoms with van der Waals surface area (Å²) in [6.45, 7) is 0.507. The molecular formula is C22H24N6O. The minimum atomic E-state index is 0.507. The number of anilines is 1. The number of piperidine rings is 1. The number of aromatic nitrogens is 4. The number of H-pyrrole nitrogens is 1. The molecule has 2 bridgehead atoms. The number of rotatable bonds is 3. The summed E-state index contributed by atoms with van der Waals surface area (Å²) in [7, 11) is 2.14. The molecule has 5 heterocycles. The van der Waals surface area contributed by atoms with Crippen LogP contribution in [0.15, 0.2) is 36.8 Å². The van der Waals surface area contributed by atoms with Crippen molar-refractivity contribution in [3.05, 3.63) is 42.4 Å². The maximum absolute atomic E-state index is 6.02. The van der Waals surface area contributed by atoms with Gasteiger partial charge >= 0.3 is 0 Å². The molecule has 2 fully saturated rings. The first-order valence-electron chi connectivity index (χ1n) is 10.4. The normalized spacial score (nSPS) is 24.5. The Hall–Kier alpha value is -2.93. The molecule has 3 aromatic rings. The third-order valence-corrected chi connectivity index (χ3v) is 6.64. The lowest BCUT2D eigenvalue weighted by atomic mass is 9.98. The molecule has 3 atom stereocenters. The zero-order valence-corrected chi connectivity index (χ0v) is 16.4. The second kappa shape index (κ2) is 6.56. The summed E-state index contributed by atoms with van der Waals surface area (Å²) in [6.07, 6.45) is 10.6. The molecule has 2 saturated heterocycles. The van der Waals surface area contributed by atoms with Gasteiger partial charge < -0.3 is 15.0 Å². The van der Waals surface area contributed by atoms with Crippen molar-refractivity contribution < 1.29 is 4.74 Å². The fourth-order valence-electron chi connectivity index (χ4n) is 5.03. The Morgan fingerprint density at radius 2 is 1.97 bits per heavy atom. The van der Waals surface area contributed by atoms with Gasteiger partial charge in [-0.05, 0) is 42.9 Å². The van der Waals surface area contributed by atoms with Crippen LogP contribution in [0.1, 0.15) is 31.2 Å². The first kappa shape index (κ1) is 17.0. The van der Waals surface area contributed by atoms with Crippen LogP contribution in [-0.2, 0) is 6.61 Å². The summed E-state index contributed by atoms with van der Waals surface area (Å²) in [6, 6.07) is 8.18. The van der Waals surface area contributed by atoms with Gasteiger partial charge in [0.2, 0.25) is 5.88 Å². The summed E-state index contributed by atoms with van der Waals surface area (Å²) < 4.78 is 6.02. The van der Waals surface area contributed by atoms with Crippen LogP contribution >= 0.6 is 0 Å². The maximum Gasteiger partial charge on any atom is 0.242 e. The number of fused-ring (bicyclic) bond motifs is 5. The van der Waals surface area contributed by atoms with Crippen LogP contribution in [0, 0.1) is 0 Å². The molecule has 0 amide bonds. The Balaban J connectivity index is 1.29. The van der Waals surface area contributed by atoms with Crippen molar-refractivity contribution in [1.29, 1.82) is 0 Å². The molecule has 0 spiro atoms. The topological polar surface area (TPSA) is 79.0 Å². The molecule has 3 aliphatic rings. The van der Waals surface area contributed by atoms with Crippen molar-refractivity contribution in [2.24, 2.45) is 0 Å². The van der Waals surface area contributed by atoms with Gasteiger partial charge in [-0.1, -0.05) is 12.1 Å². The number of hydrogen-bond donors (Lipinski definition) is 2. The van der Waals surface area contributed by atoms with Crippen LogP contribution in [0.3, 0.4) is 0 Å². The predicted molar refractivity (Wildman–Crippen MR) is 111 cm³/mol. The Morgan fingerprint density at radius 3 is 2.76 bits per heavy atom.